The minimum Gasteiger partial charge on any atom is -0.469 e. The second-order valence-electron chi connectivity index (χ2n) is 5.51. The molecule has 2 aromatic rings. The number of hydrogen-bond donors (Lipinski definition) is 0. The van der Waals surface area contributed by atoms with Gasteiger partial charge in [0.25, 0.3) is 0 Å². The molecule has 1 atom stereocenters. The second kappa shape index (κ2) is 8.35. The third kappa shape index (κ3) is 5.01. The van der Waals surface area contributed by atoms with Crippen LogP contribution in [-0.4, -0.2) is 24.0 Å². The van der Waals surface area contributed by atoms with E-state index < -0.39 is 0 Å². The number of carbonyl (C=O) groups is 1. The second-order valence-corrected chi connectivity index (χ2v) is 5.51. The Hall–Kier alpha value is -2.13. The zero-order valence-electron chi connectivity index (χ0n) is 13.2. The Morgan fingerprint density at radius 1 is 0.955 bits per heavy atom. The molecule has 0 fully saturated rings. The quantitative estimate of drug-likeness (QED) is 0.731. The maximum atomic E-state index is 11.6. The number of esters is 1. The van der Waals surface area contributed by atoms with Crippen molar-refractivity contribution < 1.29 is 9.53 Å². The summed E-state index contributed by atoms with van der Waals surface area (Å²) in [4.78, 5) is 13.9. The van der Waals surface area contributed by atoms with Gasteiger partial charge in [0.15, 0.2) is 0 Å². The van der Waals surface area contributed by atoms with Crippen LogP contribution in [0.5, 0.6) is 0 Å². The molecule has 0 aliphatic carbocycles. The Kier molecular flexibility index (Phi) is 6.16. The van der Waals surface area contributed by atoms with Crippen molar-refractivity contribution in [1.29, 1.82) is 0 Å². The van der Waals surface area contributed by atoms with E-state index in [-0.39, 0.29) is 12.0 Å². The molecule has 22 heavy (non-hydrogen) atoms. The highest BCUT2D eigenvalue weighted by Crippen LogP contribution is 2.15. The molecular weight excluding hydrogens is 274 g/mol. The average Bonchev–Trinajstić information content (AvgIpc) is 2.56. The van der Waals surface area contributed by atoms with Crippen molar-refractivity contribution in [3.63, 3.8) is 0 Å². The van der Waals surface area contributed by atoms with E-state index in [1.165, 1.54) is 18.2 Å². The molecule has 2 rings (SSSR count). The van der Waals surface area contributed by atoms with Crippen molar-refractivity contribution in [3.05, 3.63) is 71.8 Å². The van der Waals surface area contributed by atoms with E-state index in [0.717, 1.165) is 13.1 Å². The minimum absolute atomic E-state index is 0.118. The lowest BCUT2D eigenvalue weighted by Crippen LogP contribution is -2.34. The van der Waals surface area contributed by atoms with E-state index in [1.807, 2.05) is 36.4 Å². The third-order valence-electron chi connectivity index (χ3n) is 3.77. The Bertz CT molecular complexity index is 527. The summed E-state index contributed by atoms with van der Waals surface area (Å²) in [6, 6.07) is 20.8. The first-order chi connectivity index (χ1) is 10.7. The largest absolute Gasteiger partial charge is 0.469 e. The highest BCUT2D eigenvalue weighted by atomic mass is 16.5. The molecule has 0 aliphatic rings. The van der Waals surface area contributed by atoms with Gasteiger partial charge < -0.3 is 4.74 Å². The van der Waals surface area contributed by atoms with Crippen molar-refractivity contribution in [2.45, 2.75) is 32.5 Å². The van der Waals surface area contributed by atoms with Gasteiger partial charge in [0, 0.05) is 19.1 Å². The molecule has 0 N–H and O–H groups in total. The Morgan fingerprint density at radius 3 is 1.82 bits per heavy atom. The number of benzene rings is 2. The molecule has 0 aromatic heterocycles. The molecule has 3 heteroatoms. The van der Waals surface area contributed by atoms with E-state index in [9.17, 15) is 4.79 Å². The fourth-order valence-electron chi connectivity index (χ4n) is 2.46. The van der Waals surface area contributed by atoms with Crippen LogP contribution >= 0.6 is 0 Å². The molecule has 0 heterocycles. The van der Waals surface area contributed by atoms with E-state index in [0.29, 0.717) is 6.42 Å². The van der Waals surface area contributed by atoms with Crippen LogP contribution in [0.15, 0.2) is 60.7 Å². The first-order valence-corrected chi connectivity index (χ1v) is 7.57. The molecule has 0 spiro atoms. The van der Waals surface area contributed by atoms with Gasteiger partial charge >= 0.3 is 5.97 Å². The standard InChI is InChI=1S/C19H23NO2/c1-16(13-19(21)22-2)20(14-17-9-5-3-6-10-17)15-18-11-7-4-8-12-18/h3-12,16H,13-15H2,1-2H3. The van der Waals surface area contributed by atoms with Gasteiger partial charge in [-0.2, -0.15) is 0 Å². The summed E-state index contributed by atoms with van der Waals surface area (Å²) in [6.45, 7) is 3.70. The predicted octanol–water partition coefficient (Wildman–Crippen LogP) is 3.64. The van der Waals surface area contributed by atoms with Crippen LogP contribution in [0, 0.1) is 0 Å². The van der Waals surface area contributed by atoms with Crippen LogP contribution in [0.1, 0.15) is 24.5 Å². The molecule has 3 nitrogen and oxygen atoms in total. The van der Waals surface area contributed by atoms with Gasteiger partial charge in [-0.05, 0) is 18.1 Å². The Morgan fingerprint density at radius 2 is 1.41 bits per heavy atom. The van der Waals surface area contributed by atoms with Crippen LogP contribution in [-0.2, 0) is 22.6 Å². The van der Waals surface area contributed by atoms with Gasteiger partial charge in [0.1, 0.15) is 0 Å². The molecule has 1 unspecified atom stereocenters. The predicted molar refractivity (Wildman–Crippen MR) is 88.2 cm³/mol. The van der Waals surface area contributed by atoms with Crippen LogP contribution in [0.4, 0.5) is 0 Å². The van der Waals surface area contributed by atoms with Crippen molar-refractivity contribution in [2.75, 3.05) is 7.11 Å². The average molecular weight is 297 g/mol. The number of methoxy groups -OCH3 is 1. The number of ether oxygens (including phenoxy) is 1. The highest BCUT2D eigenvalue weighted by molar-refractivity contribution is 5.69. The summed E-state index contributed by atoms with van der Waals surface area (Å²) in [6.07, 6.45) is 0.399. The maximum Gasteiger partial charge on any atom is 0.307 e. The summed E-state index contributed by atoms with van der Waals surface area (Å²) in [5, 5.41) is 0. The van der Waals surface area contributed by atoms with E-state index >= 15 is 0 Å². The molecule has 0 radical (unpaired) electrons. The highest BCUT2D eigenvalue weighted by Gasteiger charge is 2.18. The summed E-state index contributed by atoms with van der Waals surface area (Å²) in [5.74, 6) is -0.168. The zero-order valence-corrected chi connectivity index (χ0v) is 13.2. The van der Waals surface area contributed by atoms with E-state index in [1.54, 1.807) is 0 Å². The smallest absolute Gasteiger partial charge is 0.307 e. The molecule has 116 valence electrons. The van der Waals surface area contributed by atoms with Crippen LogP contribution < -0.4 is 0 Å². The third-order valence-corrected chi connectivity index (χ3v) is 3.77. The van der Waals surface area contributed by atoms with Crippen LogP contribution in [0.2, 0.25) is 0 Å². The van der Waals surface area contributed by atoms with Crippen LogP contribution in [0.3, 0.4) is 0 Å². The lowest BCUT2D eigenvalue weighted by Gasteiger charge is -2.28. The van der Waals surface area contributed by atoms with Gasteiger partial charge in [-0.3, -0.25) is 9.69 Å². The zero-order chi connectivity index (χ0) is 15.8. The van der Waals surface area contributed by atoms with Gasteiger partial charge in [-0.15, -0.1) is 0 Å². The number of rotatable bonds is 7. The van der Waals surface area contributed by atoms with Gasteiger partial charge in [0.2, 0.25) is 0 Å². The molecule has 2 aromatic carbocycles. The Labute approximate surface area is 132 Å². The van der Waals surface area contributed by atoms with E-state index in [4.69, 9.17) is 4.74 Å². The monoisotopic (exact) mass is 297 g/mol. The number of carbonyl (C=O) groups excluding carboxylic acids is 1. The molecule has 0 amide bonds. The molecule has 0 bridgehead atoms. The minimum atomic E-state index is -0.168. The molecule has 0 saturated carbocycles. The molecule has 0 aliphatic heterocycles. The first kappa shape index (κ1) is 16.2. The van der Waals surface area contributed by atoms with E-state index in [2.05, 4.69) is 36.1 Å². The fraction of sp³-hybridized carbons (Fsp3) is 0.316. The van der Waals surface area contributed by atoms with Crippen molar-refractivity contribution >= 4 is 5.97 Å². The van der Waals surface area contributed by atoms with Crippen molar-refractivity contribution in [2.24, 2.45) is 0 Å². The van der Waals surface area contributed by atoms with Crippen molar-refractivity contribution in [1.82, 2.24) is 4.90 Å². The lowest BCUT2D eigenvalue weighted by atomic mass is 10.1. The number of hydrogen-bond acceptors (Lipinski definition) is 3. The molecule has 0 saturated heterocycles. The summed E-state index contributed by atoms with van der Waals surface area (Å²) < 4.78 is 4.81. The van der Waals surface area contributed by atoms with Crippen LogP contribution in [0.25, 0.3) is 0 Å². The Balaban J connectivity index is 2.10. The SMILES string of the molecule is COC(=O)CC(C)N(Cc1ccccc1)Cc1ccccc1. The van der Waals surface area contributed by atoms with Crippen molar-refractivity contribution in [3.8, 4) is 0 Å². The normalized spacial score (nSPS) is 12.1. The number of nitrogens with zero attached hydrogens (tertiary/aromatic N) is 1. The summed E-state index contributed by atoms with van der Waals surface area (Å²) in [5.41, 5.74) is 2.49. The lowest BCUT2D eigenvalue weighted by molar-refractivity contribution is -0.142. The van der Waals surface area contributed by atoms with Gasteiger partial charge in [-0.25, -0.2) is 0 Å². The first-order valence-electron chi connectivity index (χ1n) is 7.57. The fourth-order valence-corrected chi connectivity index (χ4v) is 2.46. The van der Waals surface area contributed by atoms with Gasteiger partial charge in [0.05, 0.1) is 13.5 Å². The summed E-state index contributed by atoms with van der Waals surface area (Å²) in [7, 11) is 1.44. The van der Waals surface area contributed by atoms with Gasteiger partial charge in [-0.1, -0.05) is 60.7 Å². The topological polar surface area (TPSA) is 29.5 Å². The summed E-state index contributed by atoms with van der Waals surface area (Å²) >= 11 is 0. The molecular formula is C19H23NO2. The maximum absolute atomic E-state index is 11.6.